The fourth-order valence-corrected chi connectivity index (χ4v) is 1.39. The lowest BCUT2D eigenvalue weighted by Gasteiger charge is -2.05. The maximum absolute atomic E-state index is 11.4. The van der Waals surface area contributed by atoms with Gasteiger partial charge in [-0.2, -0.15) is 8.42 Å². The van der Waals surface area contributed by atoms with Gasteiger partial charge in [0.2, 0.25) is 0 Å². The lowest BCUT2D eigenvalue weighted by Crippen LogP contribution is -2.29. The smallest absolute Gasteiger partial charge is 0.283 e. The number of nitrogens with one attached hydrogen (secondary N) is 1. The molecular weight excluding hydrogens is 218 g/mol. The van der Waals surface area contributed by atoms with Crippen molar-refractivity contribution in [3.63, 3.8) is 0 Å². The average molecular weight is 229 g/mol. The van der Waals surface area contributed by atoms with Crippen LogP contribution in [0.3, 0.4) is 0 Å². The van der Waals surface area contributed by atoms with E-state index in [4.69, 9.17) is 4.55 Å². The van der Waals surface area contributed by atoms with Crippen molar-refractivity contribution in [2.24, 2.45) is 0 Å². The van der Waals surface area contributed by atoms with Gasteiger partial charge in [0.15, 0.2) is 0 Å². The summed E-state index contributed by atoms with van der Waals surface area (Å²) < 4.78 is 29.2. The molecule has 0 unspecified atom stereocenters. The van der Waals surface area contributed by atoms with E-state index in [1.807, 2.05) is 0 Å². The maximum Gasteiger partial charge on any atom is 0.283 e. The fraction of sp³-hybridized carbons (Fsp3) is 0.222. The molecule has 5 nitrogen and oxygen atoms in total. The molecule has 0 saturated carbocycles. The minimum Gasteiger partial charge on any atom is -0.336 e. The van der Waals surface area contributed by atoms with Crippen LogP contribution in [0.4, 0.5) is 0 Å². The highest BCUT2D eigenvalue weighted by molar-refractivity contribution is 7.85. The van der Waals surface area contributed by atoms with Gasteiger partial charge in [0.05, 0.1) is 0 Å². The van der Waals surface area contributed by atoms with E-state index in [1.54, 1.807) is 31.2 Å². The van der Waals surface area contributed by atoms with Gasteiger partial charge in [0.1, 0.15) is 5.88 Å². The number of carbonyl (C=O) groups excluding carboxylic acids is 1. The summed E-state index contributed by atoms with van der Waals surface area (Å²) in [5.41, 5.74) is 1.13. The first-order valence-electron chi connectivity index (χ1n) is 4.19. The number of hydrogen-bond acceptors (Lipinski definition) is 3. The number of hydrogen-bond donors (Lipinski definition) is 2. The number of rotatable bonds is 3. The van der Waals surface area contributed by atoms with E-state index in [-0.39, 0.29) is 0 Å². The Hall–Kier alpha value is -1.40. The van der Waals surface area contributed by atoms with Crippen LogP contribution < -0.4 is 5.32 Å². The van der Waals surface area contributed by atoms with Crippen LogP contribution in [0.2, 0.25) is 0 Å². The third-order valence-corrected chi connectivity index (χ3v) is 2.31. The zero-order chi connectivity index (χ0) is 11.5. The zero-order valence-electron chi connectivity index (χ0n) is 8.10. The van der Waals surface area contributed by atoms with Crippen LogP contribution in [0.1, 0.15) is 15.9 Å². The summed E-state index contributed by atoms with van der Waals surface area (Å²) in [6, 6.07) is 6.77. The highest BCUT2D eigenvalue weighted by Crippen LogP contribution is 2.06. The molecule has 0 radical (unpaired) electrons. The molecule has 0 aromatic heterocycles. The second-order valence-corrected chi connectivity index (χ2v) is 4.50. The molecule has 0 aliphatic carbocycles. The van der Waals surface area contributed by atoms with Crippen molar-refractivity contribution in [1.29, 1.82) is 0 Å². The van der Waals surface area contributed by atoms with E-state index in [0.717, 1.165) is 5.56 Å². The standard InChI is InChI=1S/C9H11NO4S/c1-7-4-2-3-5-8(7)9(11)10-6-15(12,13)14/h2-5H,6H2,1H3,(H,10,11)(H,12,13,14). The molecule has 0 spiro atoms. The normalized spacial score (nSPS) is 11.1. The summed E-state index contributed by atoms with van der Waals surface area (Å²) in [4.78, 5) is 11.4. The second-order valence-electron chi connectivity index (χ2n) is 3.05. The van der Waals surface area contributed by atoms with Crippen LogP contribution in [0, 0.1) is 6.92 Å². The molecule has 0 aliphatic rings. The van der Waals surface area contributed by atoms with Gasteiger partial charge in [-0.3, -0.25) is 9.35 Å². The van der Waals surface area contributed by atoms with E-state index in [0.29, 0.717) is 5.56 Å². The van der Waals surface area contributed by atoms with Gasteiger partial charge in [-0.1, -0.05) is 18.2 Å². The Morgan fingerprint density at radius 3 is 2.53 bits per heavy atom. The van der Waals surface area contributed by atoms with E-state index in [2.05, 4.69) is 5.32 Å². The van der Waals surface area contributed by atoms with Gasteiger partial charge in [0, 0.05) is 5.56 Å². The Morgan fingerprint density at radius 2 is 2.00 bits per heavy atom. The first kappa shape index (κ1) is 11.7. The van der Waals surface area contributed by atoms with Crippen LogP contribution in [-0.4, -0.2) is 24.8 Å². The Kier molecular flexibility index (Phi) is 3.43. The Labute approximate surface area is 87.9 Å². The summed E-state index contributed by atoms with van der Waals surface area (Å²) in [5, 5.41) is 2.10. The number of benzene rings is 1. The molecule has 1 aromatic carbocycles. The summed E-state index contributed by atoms with van der Waals surface area (Å²) >= 11 is 0. The van der Waals surface area contributed by atoms with Crippen molar-refractivity contribution in [1.82, 2.24) is 5.32 Å². The highest BCUT2D eigenvalue weighted by Gasteiger charge is 2.11. The van der Waals surface area contributed by atoms with Crippen LogP contribution >= 0.6 is 0 Å². The van der Waals surface area contributed by atoms with E-state index in [1.165, 1.54) is 0 Å². The average Bonchev–Trinajstić information content (AvgIpc) is 2.14. The maximum atomic E-state index is 11.4. The molecule has 0 fully saturated rings. The van der Waals surface area contributed by atoms with Crippen LogP contribution in [-0.2, 0) is 10.1 Å². The second kappa shape index (κ2) is 4.41. The zero-order valence-corrected chi connectivity index (χ0v) is 8.91. The Morgan fingerprint density at radius 1 is 1.40 bits per heavy atom. The number of aryl methyl sites for hydroxylation is 1. The molecule has 15 heavy (non-hydrogen) atoms. The summed E-state index contributed by atoms with van der Waals surface area (Å²) in [7, 11) is -4.17. The largest absolute Gasteiger partial charge is 0.336 e. The Bertz CT molecular complexity index is 467. The van der Waals surface area contributed by atoms with E-state index >= 15 is 0 Å². The van der Waals surface area contributed by atoms with Gasteiger partial charge in [-0.25, -0.2) is 0 Å². The minimum absolute atomic E-state index is 0.390. The first-order valence-corrected chi connectivity index (χ1v) is 5.80. The van der Waals surface area contributed by atoms with Gasteiger partial charge >= 0.3 is 0 Å². The van der Waals surface area contributed by atoms with E-state index < -0.39 is 21.9 Å². The molecular formula is C9H11NO4S. The fourth-order valence-electron chi connectivity index (χ4n) is 1.08. The van der Waals surface area contributed by atoms with Crippen molar-refractivity contribution in [2.75, 3.05) is 5.88 Å². The van der Waals surface area contributed by atoms with Gasteiger partial charge in [-0.15, -0.1) is 0 Å². The van der Waals surface area contributed by atoms with Crippen molar-refractivity contribution in [2.45, 2.75) is 6.92 Å². The quantitative estimate of drug-likeness (QED) is 0.742. The van der Waals surface area contributed by atoms with Gasteiger partial charge < -0.3 is 5.32 Å². The molecule has 82 valence electrons. The lowest BCUT2D eigenvalue weighted by molar-refractivity contribution is 0.0958. The molecule has 2 N–H and O–H groups in total. The van der Waals surface area contributed by atoms with Crippen LogP contribution in [0.25, 0.3) is 0 Å². The summed E-state index contributed by atoms with van der Waals surface area (Å²) in [6.07, 6.45) is 0. The SMILES string of the molecule is Cc1ccccc1C(=O)NCS(=O)(=O)O. The predicted molar refractivity (Wildman–Crippen MR) is 55.1 cm³/mol. The molecule has 1 rings (SSSR count). The molecule has 0 saturated heterocycles. The monoisotopic (exact) mass is 229 g/mol. The third kappa shape index (κ3) is 3.69. The van der Waals surface area contributed by atoms with Gasteiger partial charge in [0.25, 0.3) is 16.0 Å². The highest BCUT2D eigenvalue weighted by atomic mass is 32.2. The van der Waals surface area contributed by atoms with Crippen LogP contribution in [0.5, 0.6) is 0 Å². The summed E-state index contributed by atoms with van der Waals surface area (Å²) in [5.74, 6) is -1.30. The van der Waals surface area contributed by atoms with E-state index in [9.17, 15) is 13.2 Å². The van der Waals surface area contributed by atoms with Crippen LogP contribution in [0.15, 0.2) is 24.3 Å². The van der Waals surface area contributed by atoms with Crippen molar-refractivity contribution < 1.29 is 17.8 Å². The Balaban J connectivity index is 2.75. The predicted octanol–water partition coefficient (Wildman–Crippen LogP) is 0.570. The molecule has 0 bridgehead atoms. The molecule has 1 amide bonds. The van der Waals surface area contributed by atoms with Crippen molar-refractivity contribution in [3.8, 4) is 0 Å². The van der Waals surface area contributed by atoms with Gasteiger partial charge in [-0.05, 0) is 18.6 Å². The topological polar surface area (TPSA) is 83.5 Å². The molecule has 6 heteroatoms. The lowest BCUT2D eigenvalue weighted by atomic mass is 10.1. The summed E-state index contributed by atoms with van der Waals surface area (Å²) in [6.45, 7) is 1.74. The molecule has 1 aromatic rings. The third-order valence-electron chi connectivity index (χ3n) is 1.80. The number of carbonyl (C=O) groups is 1. The van der Waals surface area contributed by atoms with Crippen molar-refractivity contribution in [3.05, 3.63) is 35.4 Å². The molecule has 0 aliphatic heterocycles. The minimum atomic E-state index is -4.17. The molecule has 0 heterocycles. The number of amides is 1. The first-order chi connectivity index (χ1) is 6.90. The van der Waals surface area contributed by atoms with Crippen molar-refractivity contribution >= 4 is 16.0 Å². The molecule has 0 atom stereocenters.